The van der Waals surface area contributed by atoms with Crippen molar-refractivity contribution in [3.63, 3.8) is 0 Å². The van der Waals surface area contributed by atoms with Gasteiger partial charge in [-0.3, -0.25) is 9.88 Å². The number of benzene rings is 1. The Kier molecular flexibility index (Phi) is 5.79. The van der Waals surface area contributed by atoms with Crippen LogP contribution < -0.4 is 5.73 Å². The summed E-state index contributed by atoms with van der Waals surface area (Å²) in [7, 11) is 0. The number of nitrogens with zero attached hydrogens (tertiary/aromatic N) is 2. The predicted molar refractivity (Wildman–Crippen MR) is 95.3 cm³/mol. The van der Waals surface area contributed by atoms with Gasteiger partial charge in [-0.1, -0.05) is 31.5 Å². The number of hydrogen-bond acceptors (Lipinski definition) is 3. The minimum atomic E-state index is -0.0438. The van der Waals surface area contributed by atoms with Crippen LogP contribution in [0.15, 0.2) is 30.5 Å². The first-order chi connectivity index (χ1) is 10.6. The van der Waals surface area contributed by atoms with Gasteiger partial charge in [0.15, 0.2) is 0 Å². The second kappa shape index (κ2) is 7.40. The maximum absolute atomic E-state index is 6.12. The minimum Gasteiger partial charge on any atom is -0.330 e. The number of fused-ring (bicyclic) bond motifs is 1. The molecular weight excluding hydrogens is 294 g/mol. The number of rotatable bonds is 7. The molecule has 0 saturated carbocycles. The Bertz CT molecular complexity index is 625. The van der Waals surface area contributed by atoms with Crippen LogP contribution in [-0.4, -0.2) is 29.5 Å². The van der Waals surface area contributed by atoms with Crippen molar-refractivity contribution >= 4 is 22.5 Å². The molecule has 4 heteroatoms. The largest absolute Gasteiger partial charge is 0.330 e. The molecule has 120 valence electrons. The van der Waals surface area contributed by atoms with Crippen molar-refractivity contribution in [3.8, 4) is 0 Å². The van der Waals surface area contributed by atoms with Gasteiger partial charge in [0.1, 0.15) is 0 Å². The molecule has 0 aliphatic heterocycles. The van der Waals surface area contributed by atoms with E-state index in [4.69, 9.17) is 17.3 Å². The highest BCUT2D eigenvalue weighted by Gasteiger charge is 2.32. The molecular formula is C18H26ClN3. The Morgan fingerprint density at radius 3 is 2.59 bits per heavy atom. The number of pyridine rings is 1. The zero-order valence-electron chi connectivity index (χ0n) is 13.8. The van der Waals surface area contributed by atoms with Crippen LogP contribution in [0.5, 0.6) is 0 Å². The summed E-state index contributed by atoms with van der Waals surface area (Å²) in [6.45, 7) is 9.48. The van der Waals surface area contributed by atoms with Crippen LogP contribution in [0, 0.1) is 0 Å². The maximum atomic E-state index is 6.12. The van der Waals surface area contributed by atoms with E-state index in [1.165, 1.54) is 10.9 Å². The van der Waals surface area contributed by atoms with E-state index in [-0.39, 0.29) is 5.54 Å². The highest BCUT2D eigenvalue weighted by molar-refractivity contribution is 6.31. The lowest BCUT2D eigenvalue weighted by molar-refractivity contribution is 0.105. The van der Waals surface area contributed by atoms with E-state index in [0.717, 1.165) is 36.5 Å². The van der Waals surface area contributed by atoms with Gasteiger partial charge in [0.2, 0.25) is 0 Å². The van der Waals surface area contributed by atoms with Gasteiger partial charge in [-0.15, -0.1) is 0 Å². The number of nitrogens with two attached hydrogens (primary N) is 1. The zero-order valence-corrected chi connectivity index (χ0v) is 14.5. The molecule has 1 atom stereocenters. The van der Waals surface area contributed by atoms with E-state index >= 15 is 0 Å². The molecule has 0 fully saturated rings. The summed E-state index contributed by atoms with van der Waals surface area (Å²) in [5.41, 5.74) is 8.00. The number of halogens is 1. The van der Waals surface area contributed by atoms with E-state index in [9.17, 15) is 0 Å². The van der Waals surface area contributed by atoms with Crippen LogP contribution in [0.25, 0.3) is 10.9 Å². The molecule has 1 heterocycles. The topological polar surface area (TPSA) is 42.1 Å². The molecule has 3 nitrogen and oxygen atoms in total. The first-order valence-corrected chi connectivity index (χ1v) is 8.44. The van der Waals surface area contributed by atoms with Crippen molar-refractivity contribution in [2.75, 3.05) is 19.6 Å². The van der Waals surface area contributed by atoms with E-state index in [1.807, 2.05) is 18.3 Å². The Labute approximate surface area is 138 Å². The Morgan fingerprint density at radius 1 is 1.23 bits per heavy atom. The Balaban J connectivity index is 2.60. The van der Waals surface area contributed by atoms with E-state index in [2.05, 4.69) is 42.8 Å². The molecule has 0 amide bonds. The number of hydrogen-bond donors (Lipinski definition) is 1. The summed E-state index contributed by atoms with van der Waals surface area (Å²) in [6, 6.07) is 8.11. The van der Waals surface area contributed by atoms with Gasteiger partial charge in [0.25, 0.3) is 0 Å². The third kappa shape index (κ3) is 3.27. The summed E-state index contributed by atoms with van der Waals surface area (Å²) in [5, 5.41) is 1.90. The van der Waals surface area contributed by atoms with Crippen LogP contribution in [0.3, 0.4) is 0 Å². The molecule has 1 aromatic carbocycles. The second-order valence-electron chi connectivity index (χ2n) is 5.86. The summed E-state index contributed by atoms with van der Waals surface area (Å²) in [4.78, 5) is 6.99. The van der Waals surface area contributed by atoms with Crippen LogP contribution in [-0.2, 0) is 5.54 Å². The average Bonchev–Trinajstić information content (AvgIpc) is 2.53. The fourth-order valence-corrected chi connectivity index (χ4v) is 3.59. The van der Waals surface area contributed by atoms with Crippen molar-refractivity contribution in [1.29, 1.82) is 0 Å². The monoisotopic (exact) mass is 319 g/mol. The van der Waals surface area contributed by atoms with Gasteiger partial charge in [0, 0.05) is 22.1 Å². The van der Waals surface area contributed by atoms with E-state index in [0.29, 0.717) is 6.54 Å². The standard InChI is InChI=1S/C18H26ClN3/c1-4-22(5-2)18(3,10-6-11-20)16-9-12-21-17-13-14(19)7-8-15(16)17/h7-9,12-13H,4-6,10-11,20H2,1-3H3. The molecule has 2 aromatic rings. The minimum absolute atomic E-state index is 0.0438. The molecule has 22 heavy (non-hydrogen) atoms. The fraction of sp³-hybridized carbons (Fsp3) is 0.500. The maximum Gasteiger partial charge on any atom is 0.0720 e. The molecule has 2 rings (SSSR count). The van der Waals surface area contributed by atoms with Crippen molar-refractivity contribution in [2.45, 2.75) is 39.2 Å². The van der Waals surface area contributed by atoms with E-state index < -0.39 is 0 Å². The van der Waals surface area contributed by atoms with Crippen molar-refractivity contribution in [1.82, 2.24) is 9.88 Å². The van der Waals surface area contributed by atoms with Crippen LogP contribution in [0.2, 0.25) is 5.02 Å². The first kappa shape index (κ1) is 17.2. The second-order valence-corrected chi connectivity index (χ2v) is 6.29. The van der Waals surface area contributed by atoms with Crippen LogP contribution in [0.4, 0.5) is 0 Å². The third-order valence-corrected chi connectivity index (χ3v) is 4.85. The van der Waals surface area contributed by atoms with E-state index in [1.54, 1.807) is 0 Å². The summed E-state index contributed by atoms with van der Waals surface area (Å²) >= 11 is 6.12. The molecule has 1 aromatic heterocycles. The third-order valence-electron chi connectivity index (χ3n) is 4.61. The summed E-state index contributed by atoms with van der Waals surface area (Å²) < 4.78 is 0. The molecule has 0 bridgehead atoms. The van der Waals surface area contributed by atoms with Gasteiger partial charge >= 0.3 is 0 Å². The lowest BCUT2D eigenvalue weighted by atomic mass is 9.83. The lowest BCUT2D eigenvalue weighted by Crippen LogP contribution is -2.44. The number of aromatic nitrogens is 1. The van der Waals surface area contributed by atoms with Crippen molar-refractivity contribution in [2.24, 2.45) is 5.73 Å². The van der Waals surface area contributed by atoms with Crippen LogP contribution >= 0.6 is 11.6 Å². The Hall–Kier alpha value is -1.16. The highest BCUT2D eigenvalue weighted by Crippen LogP contribution is 2.37. The van der Waals surface area contributed by atoms with Crippen molar-refractivity contribution in [3.05, 3.63) is 41.0 Å². The predicted octanol–water partition coefficient (Wildman–Crippen LogP) is 4.18. The normalized spacial score (nSPS) is 14.5. The van der Waals surface area contributed by atoms with Gasteiger partial charge in [-0.05, 0) is 63.2 Å². The molecule has 0 saturated heterocycles. The first-order valence-electron chi connectivity index (χ1n) is 8.06. The molecule has 0 aliphatic rings. The Morgan fingerprint density at radius 2 is 1.95 bits per heavy atom. The van der Waals surface area contributed by atoms with Gasteiger partial charge in [-0.2, -0.15) is 0 Å². The smallest absolute Gasteiger partial charge is 0.0720 e. The summed E-state index contributed by atoms with van der Waals surface area (Å²) in [6.07, 6.45) is 3.93. The SMILES string of the molecule is CCN(CC)C(C)(CCCN)c1ccnc2cc(Cl)ccc12. The van der Waals surface area contributed by atoms with Gasteiger partial charge < -0.3 is 5.73 Å². The molecule has 2 N–H and O–H groups in total. The molecule has 0 radical (unpaired) electrons. The molecule has 0 aliphatic carbocycles. The van der Waals surface area contributed by atoms with Gasteiger partial charge in [-0.25, -0.2) is 0 Å². The quantitative estimate of drug-likeness (QED) is 0.832. The summed E-state index contributed by atoms with van der Waals surface area (Å²) in [5.74, 6) is 0. The fourth-order valence-electron chi connectivity index (χ4n) is 3.42. The molecule has 1 unspecified atom stereocenters. The van der Waals surface area contributed by atoms with Crippen LogP contribution in [0.1, 0.15) is 39.2 Å². The highest BCUT2D eigenvalue weighted by atomic mass is 35.5. The zero-order chi connectivity index (χ0) is 16.2. The lowest BCUT2D eigenvalue weighted by Gasteiger charge is -2.41. The molecule has 0 spiro atoms. The average molecular weight is 320 g/mol. The van der Waals surface area contributed by atoms with Crippen molar-refractivity contribution < 1.29 is 0 Å². The van der Waals surface area contributed by atoms with Gasteiger partial charge in [0.05, 0.1) is 5.52 Å².